The van der Waals surface area contributed by atoms with Crippen molar-refractivity contribution in [3.05, 3.63) is 5.73 Å². The fourth-order valence-electron chi connectivity index (χ4n) is 0. The molecule has 0 atom stereocenters. The molecule has 0 unspecified atom stereocenters. The Morgan fingerprint density at radius 3 is 1.89 bits per heavy atom. The Labute approximate surface area is 64.1 Å². The van der Waals surface area contributed by atoms with E-state index >= 15 is 0 Å². The van der Waals surface area contributed by atoms with E-state index in [9.17, 15) is 4.79 Å². The van der Waals surface area contributed by atoms with Crippen LogP contribution in [0.5, 0.6) is 0 Å². The average molecular weight is 170 g/mol. The predicted molar refractivity (Wildman–Crippen MR) is 25.0 cm³/mol. The van der Waals surface area contributed by atoms with Gasteiger partial charge in [0.05, 0.1) is 7.11 Å². The number of methoxy groups -OCH3 is 1. The summed E-state index contributed by atoms with van der Waals surface area (Å²) in [4.78, 5) is 17.5. The summed E-state index contributed by atoms with van der Waals surface area (Å²) in [5, 5.41) is 6.76. The van der Waals surface area contributed by atoms with Crippen molar-refractivity contribution in [1.29, 1.82) is 0 Å². The van der Waals surface area contributed by atoms with Gasteiger partial charge in [0.1, 0.15) is 0 Å². The zero-order chi connectivity index (χ0) is 6.99. The quantitative estimate of drug-likeness (QED) is 0.533. The molecule has 0 spiro atoms. The van der Waals surface area contributed by atoms with Gasteiger partial charge in [0.25, 0.3) is 0 Å². The van der Waals surface area contributed by atoms with Crippen LogP contribution >= 0.6 is 0 Å². The predicted octanol–water partition coefficient (Wildman–Crippen LogP) is 0.414. The fraction of sp³-hybridized carbons (Fsp3) is 0.333. The molecule has 0 heterocycles. The molecule has 51 valence electrons. The van der Waals surface area contributed by atoms with Crippen molar-refractivity contribution in [2.24, 2.45) is 0 Å². The Balaban J connectivity index is -0.0000000800. The van der Waals surface area contributed by atoms with E-state index in [0.717, 1.165) is 7.11 Å². The van der Waals surface area contributed by atoms with E-state index in [1.807, 2.05) is 0 Å². The molecule has 0 fully saturated rings. The van der Waals surface area contributed by atoms with Gasteiger partial charge in [-0.1, -0.05) is 6.47 Å². The van der Waals surface area contributed by atoms with Crippen LogP contribution in [-0.2, 0) is 28.1 Å². The third kappa shape index (κ3) is 118. The Kier molecular flexibility index (Phi) is 27.4. The van der Waals surface area contributed by atoms with Crippen LogP contribution in [0.3, 0.4) is 0 Å². The van der Waals surface area contributed by atoms with Crippen LogP contribution in [0.2, 0.25) is 0 Å². The number of hydrogen-bond donors (Lipinski definition) is 1. The first-order valence-corrected chi connectivity index (χ1v) is 1.49. The van der Waals surface area contributed by atoms with Crippen LogP contribution < -0.4 is 0 Å². The minimum absolute atomic E-state index is 0. The normalized spacial score (nSPS) is 5.00. The minimum Gasteiger partial charge on any atom is -0.665 e. The topological polar surface area (TPSA) is 87.4 Å². The Hall–Kier alpha value is -0.676. The number of carbonyl (C=O) groups excluding carboxylic acids is 1. The molecule has 5 nitrogen and oxygen atoms in total. The molecule has 0 aromatic rings. The second-order valence-electron chi connectivity index (χ2n) is 0.583. The van der Waals surface area contributed by atoms with E-state index in [2.05, 4.69) is 4.74 Å². The second-order valence-corrected chi connectivity index (χ2v) is 0.583. The summed E-state index contributed by atoms with van der Waals surface area (Å²) in [7, 11) is 1.16. The van der Waals surface area contributed by atoms with E-state index < -0.39 is 6.09 Å². The number of rotatable bonds is 0. The van der Waals surface area contributed by atoms with Crippen molar-refractivity contribution in [3.8, 4) is 0 Å². The van der Waals surface area contributed by atoms with Crippen LogP contribution in [0.4, 0.5) is 4.79 Å². The molecule has 0 aliphatic rings. The van der Waals surface area contributed by atoms with Crippen LogP contribution in [0.25, 0.3) is 5.73 Å². The van der Waals surface area contributed by atoms with Crippen molar-refractivity contribution < 1.29 is 38.0 Å². The molecule has 0 rings (SSSR count). The molecular weight excluding hydrogens is 165 g/mol. The fourth-order valence-corrected chi connectivity index (χ4v) is 0. The molecule has 1 amide bonds. The largest absolute Gasteiger partial charge is 2.00 e. The molecule has 2 N–H and O–H groups in total. The average Bonchev–Trinajstić information content (AvgIpc) is 1.69. The molecule has 0 saturated heterocycles. The first-order valence-electron chi connectivity index (χ1n) is 1.49. The summed E-state index contributed by atoms with van der Waals surface area (Å²) in [6, 6.07) is 0. The van der Waals surface area contributed by atoms with Crippen molar-refractivity contribution >= 4 is 12.6 Å². The molecular formula is C3H5NO4V. The smallest absolute Gasteiger partial charge is 0.665 e. The third-order valence-corrected chi connectivity index (χ3v) is 0.185. The first-order chi connectivity index (χ1) is 3.68. The molecule has 6 heteroatoms. The molecule has 0 saturated carbocycles. The molecule has 0 aliphatic heterocycles. The maximum absolute atomic E-state index is 9.26. The van der Waals surface area contributed by atoms with Crippen molar-refractivity contribution in [3.63, 3.8) is 0 Å². The standard InChI is InChI=1S/C2H5NO2.CHO2.V/c1-5-2(3)4;2-1-3;/h1H3,(H2,3,4);(H,2,3);/q;-1;+2/p-1. The van der Waals surface area contributed by atoms with E-state index in [0.29, 0.717) is 6.47 Å². The van der Waals surface area contributed by atoms with Gasteiger partial charge in [-0.05, 0) is 0 Å². The molecule has 9 heavy (non-hydrogen) atoms. The van der Waals surface area contributed by atoms with E-state index in [1.165, 1.54) is 0 Å². The first kappa shape index (κ1) is 15.8. The van der Waals surface area contributed by atoms with E-state index in [1.54, 1.807) is 0 Å². The van der Waals surface area contributed by atoms with Crippen LogP contribution in [0.15, 0.2) is 0 Å². The number of ether oxygens (including phenoxy) is 1. The van der Waals surface area contributed by atoms with E-state index in [4.69, 9.17) is 15.6 Å². The zero-order valence-corrected chi connectivity index (χ0v) is 6.02. The van der Waals surface area contributed by atoms with Crippen LogP contribution in [-0.4, -0.2) is 24.8 Å². The van der Waals surface area contributed by atoms with Crippen LogP contribution in [0.1, 0.15) is 0 Å². The van der Waals surface area contributed by atoms with Gasteiger partial charge >= 0.3 is 18.6 Å². The zero-order valence-electron chi connectivity index (χ0n) is 4.62. The Morgan fingerprint density at radius 1 is 1.78 bits per heavy atom. The summed E-state index contributed by atoms with van der Waals surface area (Å²) >= 11 is 0. The summed E-state index contributed by atoms with van der Waals surface area (Å²) < 4.78 is 3.78. The third-order valence-electron chi connectivity index (χ3n) is 0.185. The SMILES string of the molecule is COC([NH-])=O.O=[C-]O.[V+2]. The monoisotopic (exact) mass is 170 g/mol. The van der Waals surface area contributed by atoms with Gasteiger partial charge in [0, 0.05) is 0 Å². The Morgan fingerprint density at radius 2 is 1.89 bits per heavy atom. The summed E-state index contributed by atoms with van der Waals surface area (Å²) in [6.45, 7) is 0.500. The number of carbonyl (C=O) groups is 1. The maximum Gasteiger partial charge on any atom is 2.00 e. The van der Waals surface area contributed by atoms with Gasteiger partial charge < -0.3 is 20.4 Å². The number of amides is 1. The number of aliphatic hydroxyl groups excluding tert-OH is 1. The minimum atomic E-state index is -0.995. The van der Waals surface area contributed by atoms with Gasteiger partial charge in [-0.25, -0.2) is 0 Å². The summed E-state index contributed by atoms with van der Waals surface area (Å²) in [5.74, 6) is 0. The second kappa shape index (κ2) is 15.7. The van der Waals surface area contributed by atoms with Gasteiger partial charge in [-0.15, -0.1) is 0 Å². The Bertz CT molecular complexity index is 76.2. The van der Waals surface area contributed by atoms with E-state index in [-0.39, 0.29) is 18.6 Å². The molecule has 0 aromatic carbocycles. The van der Waals surface area contributed by atoms with Crippen molar-refractivity contribution in [2.75, 3.05) is 7.11 Å². The summed E-state index contributed by atoms with van der Waals surface area (Å²) in [5.41, 5.74) is 5.97. The van der Waals surface area contributed by atoms with Crippen molar-refractivity contribution in [1.82, 2.24) is 0 Å². The maximum atomic E-state index is 9.26. The van der Waals surface area contributed by atoms with Crippen molar-refractivity contribution in [2.45, 2.75) is 0 Å². The number of hydrogen-bond acceptors (Lipinski definition) is 3. The molecule has 0 bridgehead atoms. The van der Waals surface area contributed by atoms with Gasteiger partial charge in [-0.2, -0.15) is 0 Å². The summed E-state index contributed by atoms with van der Waals surface area (Å²) in [6.07, 6.45) is -0.995. The number of nitrogens with one attached hydrogen (secondary N) is 1. The van der Waals surface area contributed by atoms with Gasteiger partial charge in [0.15, 0.2) is 0 Å². The van der Waals surface area contributed by atoms with Gasteiger partial charge in [0.2, 0.25) is 6.09 Å². The molecule has 0 aromatic heterocycles. The molecule has 0 aliphatic carbocycles. The molecule has 1 radical (unpaired) electrons. The van der Waals surface area contributed by atoms with Gasteiger partial charge in [-0.3, -0.25) is 4.79 Å². The van der Waals surface area contributed by atoms with Crippen LogP contribution in [0, 0.1) is 0 Å².